The van der Waals surface area contributed by atoms with Gasteiger partial charge in [0.15, 0.2) is 0 Å². The van der Waals surface area contributed by atoms with Gasteiger partial charge in [0.2, 0.25) is 0 Å². The zero-order valence-corrected chi connectivity index (χ0v) is 8.27. The Morgan fingerprint density at radius 2 is 1.92 bits per heavy atom. The normalized spacial score (nSPS) is 31.5. The fourth-order valence-corrected chi connectivity index (χ4v) is 2.48. The molecule has 0 aromatic carbocycles. The third-order valence-electron chi connectivity index (χ3n) is 3.49. The Hall–Kier alpha value is -0.0800. The van der Waals surface area contributed by atoms with Crippen molar-refractivity contribution >= 4 is 0 Å². The van der Waals surface area contributed by atoms with Gasteiger partial charge >= 0.3 is 0 Å². The van der Waals surface area contributed by atoms with E-state index in [1.54, 1.807) is 0 Å². The quantitative estimate of drug-likeness (QED) is 0.633. The van der Waals surface area contributed by atoms with Crippen LogP contribution in [-0.4, -0.2) is 36.1 Å². The van der Waals surface area contributed by atoms with Gasteiger partial charge in [-0.05, 0) is 46.2 Å². The van der Waals surface area contributed by atoms with Crippen LogP contribution in [0.1, 0.15) is 33.1 Å². The molecule has 2 aliphatic heterocycles. The summed E-state index contributed by atoms with van der Waals surface area (Å²) in [6.07, 6.45) is 4.09. The zero-order valence-electron chi connectivity index (χ0n) is 8.27. The number of likely N-dealkylation sites (tertiary alicyclic amines) is 1. The number of rotatable bonds is 1. The lowest BCUT2D eigenvalue weighted by Gasteiger charge is -2.53. The molecule has 0 radical (unpaired) electrons. The van der Waals surface area contributed by atoms with E-state index in [-0.39, 0.29) is 0 Å². The van der Waals surface area contributed by atoms with Crippen LogP contribution in [0.5, 0.6) is 0 Å². The fourth-order valence-electron chi connectivity index (χ4n) is 2.48. The van der Waals surface area contributed by atoms with Crippen LogP contribution in [0.4, 0.5) is 0 Å². The standard InChI is InChI=1S/C10H20N2/c1-10(2)5-8-12(10)9-3-6-11-7-4-9/h9,11H,3-8H2,1-2H3. The molecule has 2 nitrogen and oxygen atoms in total. The van der Waals surface area contributed by atoms with Gasteiger partial charge in [-0.2, -0.15) is 0 Å². The summed E-state index contributed by atoms with van der Waals surface area (Å²) in [7, 11) is 0. The van der Waals surface area contributed by atoms with Gasteiger partial charge in [0.05, 0.1) is 0 Å². The van der Waals surface area contributed by atoms with Crippen LogP contribution >= 0.6 is 0 Å². The first-order valence-electron chi connectivity index (χ1n) is 5.18. The highest BCUT2D eigenvalue weighted by Crippen LogP contribution is 2.33. The van der Waals surface area contributed by atoms with Crippen LogP contribution in [0, 0.1) is 0 Å². The Labute approximate surface area is 75.3 Å². The summed E-state index contributed by atoms with van der Waals surface area (Å²) in [6, 6.07) is 0.870. The Morgan fingerprint density at radius 1 is 1.25 bits per heavy atom. The van der Waals surface area contributed by atoms with E-state index in [1.165, 1.54) is 38.9 Å². The largest absolute Gasteiger partial charge is 0.317 e. The van der Waals surface area contributed by atoms with Crippen molar-refractivity contribution in [2.75, 3.05) is 19.6 Å². The van der Waals surface area contributed by atoms with Crippen molar-refractivity contribution in [3.8, 4) is 0 Å². The number of piperidine rings is 1. The highest BCUT2D eigenvalue weighted by molar-refractivity contribution is 4.96. The number of hydrogen-bond donors (Lipinski definition) is 1. The van der Waals surface area contributed by atoms with Crippen molar-refractivity contribution in [3.05, 3.63) is 0 Å². The van der Waals surface area contributed by atoms with E-state index >= 15 is 0 Å². The molecule has 0 atom stereocenters. The van der Waals surface area contributed by atoms with Crippen LogP contribution in [0.3, 0.4) is 0 Å². The first-order chi connectivity index (χ1) is 5.70. The Morgan fingerprint density at radius 3 is 2.33 bits per heavy atom. The predicted molar refractivity (Wildman–Crippen MR) is 51.3 cm³/mol. The van der Waals surface area contributed by atoms with Crippen molar-refractivity contribution in [3.63, 3.8) is 0 Å². The molecule has 0 saturated carbocycles. The number of nitrogens with zero attached hydrogens (tertiary/aromatic N) is 1. The van der Waals surface area contributed by atoms with E-state index in [9.17, 15) is 0 Å². The summed E-state index contributed by atoms with van der Waals surface area (Å²) in [5, 5.41) is 3.42. The Balaban J connectivity index is 1.91. The van der Waals surface area contributed by atoms with Crippen LogP contribution in [0.15, 0.2) is 0 Å². The van der Waals surface area contributed by atoms with E-state index in [2.05, 4.69) is 24.1 Å². The maximum Gasteiger partial charge on any atom is 0.0168 e. The molecule has 0 bridgehead atoms. The molecule has 0 aromatic heterocycles. The van der Waals surface area contributed by atoms with Gasteiger partial charge in [0.1, 0.15) is 0 Å². The smallest absolute Gasteiger partial charge is 0.0168 e. The molecule has 0 spiro atoms. The number of hydrogen-bond acceptors (Lipinski definition) is 2. The van der Waals surface area contributed by atoms with Gasteiger partial charge in [-0.3, -0.25) is 4.90 Å². The minimum atomic E-state index is 0.502. The van der Waals surface area contributed by atoms with Crippen LogP contribution in [0.2, 0.25) is 0 Å². The molecule has 70 valence electrons. The maximum absolute atomic E-state index is 3.42. The minimum absolute atomic E-state index is 0.502. The molecule has 2 heterocycles. The average Bonchev–Trinajstić information content (AvgIpc) is 2.05. The van der Waals surface area contributed by atoms with Gasteiger partial charge in [0, 0.05) is 18.1 Å². The van der Waals surface area contributed by atoms with Crippen molar-refractivity contribution in [1.29, 1.82) is 0 Å². The Kier molecular flexibility index (Phi) is 2.13. The van der Waals surface area contributed by atoms with E-state index in [0.717, 1.165) is 6.04 Å². The van der Waals surface area contributed by atoms with Crippen LogP contribution < -0.4 is 5.32 Å². The lowest BCUT2D eigenvalue weighted by Crippen LogP contribution is -2.61. The van der Waals surface area contributed by atoms with Crippen LogP contribution in [0.25, 0.3) is 0 Å². The molecule has 0 amide bonds. The first kappa shape index (κ1) is 8.52. The van der Waals surface area contributed by atoms with Crippen molar-refractivity contribution < 1.29 is 0 Å². The van der Waals surface area contributed by atoms with Crippen molar-refractivity contribution in [2.45, 2.75) is 44.7 Å². The molecule has 2 heteroatoms. The van der Waals surface area contributed by atoms with Gasteiger partial charge < -0.3 is 5.32 Å². The first-order valence-corrected chi connectivity index (χ1v) is 5.18. The summed E-state index contributed by atoms with van der Waals surface area (Å²) in [6.45, 7) is 8.52. The molecule has 2 saturated heterocycles. The molecule has 2 aliphatic rings. The molecule has 2 rings (SSSR count). The Bertz CT molecular complexity index is 159. The summed E-state index contributed by atoms with van der Waals surface area (Å²) >= 11 is 0. The summed E-state index contributed by atoms with van der Waals surface area (Å²) in [5.41, 5.74) is 0.502. The van der Waals surface area contributed by atoms with Gasteiger partial charge in [0.25, 0.3) is 0 Å². The summed E-state index contributed by atoms with van der Waals surface area (Å²) < 4.78 is 0. The molecule has 0 aliphatic carbocycles. The fraction of sp³-hybridized carbons (Fsp3) is 1.00. The molecule has 12 heavy (non-hydrogen) atoms. The summed E-state index contributed by atoms with van der Waals surface area (Å²) in [5.74, 6) is 0. The minimum Gasteiger partial charge on any atom is -0.317 e. The average molecular weight is 168 g/mol. The molecular formula is C10H20N2. The second kappa shape index (κ2) is 3.00. The zero-order chi connectivity index (χ0) is 8.60. The van der Waals surface area contributed by atoms with Crippen molar-refractivity contribution in [2.24, 2.45) is 0 Å². The monoisotopic (exact) mass is 168 g/mol. The third-order valence-corrected chi connectivity index (χ3v) is 3.49. The van der Waals surface area contributed by atoms with E-state index in [4.69, 9.17) is 0 Å². The third kappa shape index (κ3) is 1.38. The highest BCUT2D eigenvalue weighted by Gasteiger charge is 2.40. The van der Waals surface area contributed by atoms with E-state index < -0.39 is 0 Å². The molecule has 1 N–H and O–H groups in total. The van der Waals surface area contributed by atoms with Gasteiger partial charge in [-0.15, -0.1) is 0 Å². The molecular weight excluding hydrogens is 148 g/mol. The predicted octanol–water partition coefficient (Wildman–Crippen LogP) is 1.22. The lowest BCUT2D eigenvalue weighted by molar-refractivity contribution is -0.0340. The van der Waals surface area contributed by atoms with E-state index in [0.29, 0.717) is 5.54 Å². The van der Waals surface area contributed by atoms with Crippen molar-refractivity contribution in [1.82, 2.24) is 10.2 Å². The SMILES string of the molecule is CC1(C)CCN1C1CCNCC1. The topological polar surface area (TPSA) is 15.3 Å². The van der Waals surface area contributed by atoms with E-state index in [1.807, 2.05) is 0 Å². The molecule has 0 aromatic rings. The molecule has 2 fully saturated rings. The highest BCUT2D eigenvalue weighted by atomic mass is 15.3. The second-order valence-corrected chi connectivity index (χ2v) is 4.74. The lowest BCUT2D eigenvalue weighted by atomic mass is 9.85. The number of nitrogens with one attached hydrogen (secondary N) is 1. The summed E-state index contributed by atoms with van der Waals surface area (Å²) in [4.78, 5) is 2.69. The second-order valence-electron chi connectivity index (χ2n) is 4.74. The van der Waals surface area contributed by atoms with Crippen LogP contribution in [-0.2, 0) is 0 Å². The molecule has 0 unspecified atom stereocenters. The van der Waals surface area contributed by atoms with Gasteiger partial charge in [-0.25, -0.2) is 0 Å². The van der Waals surface area contributed by atoms with Gasteiger partial charge in [-0.1, -0.05) is 0 Å². The maximum atomic E-state index is 3.42.